The van der Waals surface area contributed by atoms with Crippen molar-refractivity contribution in [2.75, 3.05) is 26.2 Å². The third kappa shape index (κ3) is 4.78. The van der Waals surface area contributed by atoms with Gasteiger partial charge >= 0.3 is 0 Å². The Balaban J connectivity index is 1.72. The zero-order chi connectivity index (χ0) is 14.4. The van der Waals surface area contributed by atoms with Gasteiger partial charge in [0.1, 0.15) is 0 Å². The number of likely N-dealkylation sites (tertiary alicyclic amines) is 1. The SMILES string of the molecule is CC(=O)NC1CCCN(C(=O)CCC2CCNCC2)C1. The highest BCUT2D eigenvalue weighted by Gasteiger charge is 2.24. The van der Waals surface area contributed by atoms with Crippen LogP contribution in [0.4, 0.5) is 0 Å². The monoisotopic (exact) mass is 281 g/mol. The Bertz CT molecular complexity index is 340. The Kier molecular flexibility index (Phi) is 5.83. The second-order valence-corrected chi connectivity index (χ2v) is 6.11. The van der Waals surface area contributed by atoms with Crippen LogP contribution in [-0.4, -0.2) is 48.9 Å². The fourth-order valence-electron chi connectivity index (χ4n) is 3.27. The lowest BCUT2D eigenvalue weighted by Crippen LogP contribution is -2.49. The third-order valence-corrected chi connectivity index (χ3v) is 4.41. The standard InChI is InChI=1S/C15H27N3O2/c1-12(19)17-14-3-2-10-18(11-14)15(20)5-4-13-6-8-16-9-7-13/h13-14,16H,2-11H2,1H3,(H,17,19). The zero-order valence-electron chi connectivity index (χ0n) is 12.5. The number of carbonyl (C=O) groups is 2. The van der Waals surface area contributed by atoms with Crippen molar-refractivity contribution in [2.45, 2.75) is 51.5 Å². The van der Waals surface area contributed by atoms with E-state index in [-0.39, 0.29) is 17.9 Å². The van der Waals surface area contributed by atoms with Crippen LogP contribution in [0.2, 0.25) is 0 Å². The minimum atomic E-state index is -0.000922. The first-order chi connectivity index (χ1) is 9.65. The molecule has 0 aromatic heterocycles. The van der Waals surface area contributed by atoms with Gasteiger partial charge in [-0.3, -0.25) is 9.59 Å². The Hall–Kier alpha value is -1.10. The predicted octanol–water partition coefficient (Wildman–Crippen LogP) is 0.893. The number of hydrogen-bond acceptors (Lipinski definition) is 3. The van der Waals surface area contributed by atoms with Gasteiger partial charge in [-0.1, -0.05) is 0 Å². The van der Waals surface area contributed by atoms with Crippen LogP contribution in [0.1, 0.15) is 45.4 Å². The molecule has 0 radical (unpaired) electrons. The van der Waals surface area contributed by atoms with Crippen molar-refractivity contribution in [1.29, 1.82) is 0 Å². The summed E-state index contributed by atoms with van der Waals surface area (Å²) in [5.74, 6) is 0.966. The molecular formula is C15H27N3O2. The molecule has 2 saturated heterocycles. The summed E-state index contributed by atoms with van der Waals surface area (Å²) in [6.07, 6.45) is 6.05. The Morgan fingerprint density at radius 2 is 2.00 bits per heavy atom. The summed E-state index contributed by atoms with van der Waals surface area (Å²) in [5, 5.41) is 6.29. The minimum absolute atomic E-state index is 0.000922. The summed E-state index contributed by atoms with van der Waals surface area (Å²) < 4.78 is 0. The van der Waals surface area contributed by atoms with Gasteiger partial charge in [-0.15, -0.1) is 0 Å². The summed E-state index contributed by atoms with van der Waals surface area (Å²) in [4.78, 5) is 25.3. The van der Waals surface area contributed by atoms with Crippen molar-refractivity contribution in [3.63, 3.8) is 0 Å². The summed E-state index contributed by atoms with van der Waals surface area (Å²) in [5.41, 5.74) is 0. The maximum Gasteiger partial charge on any atom is 0.222 e. The van der Waals surface area contributed by atoms with Crippen molar-refractivity contribution in [1.82, 2.24) is 15.5 Å². The maximum absolute atomic E-state index is 12.3. The number of hydrogen-bond donors (Lipinski definition) is 2. The van der Waals surface area contributed by atoms with Gasteiger partial charge in [0.25, 0.3) is 0 Å². The molecule has 5 nitrogen and oxygen atoms in total. The lowest BCUT2D eigenvalue weighted by Gasteiger charge is -2.33. The lowest BCUT2D eigenvalue weighted by molar-refractivity contribution is -0.133. The second-order valence-electron chi connectivity index (χ2n) is 6.11. The highest BCUT2D eigenvalue weighted by molar-refractivity contribution is 5.77. The number of piperidine rings is 2. The molecule has 2 N–H and O–H groups in total. The normalized spacial score (nSPS) is 24.4. The molecule has 2 fully saturated rings. The van der Waals surface area contributed by atoms with Crippen LogP contribution in [0.3, 0.4) is 0 Å². The van der Waals surface area contributed by atoms with Gasteiger partial charge in [0.15, 0.2) is 0 Å². The van der Waals surface area contributed by atoms with Crippen LogP contribution in [0.15, 0.2) is 0 Å². The maximum atomic E-state index is 12.3. The van der Waals surface area contributed by atoms with E-state index in [1.165, 1.54) is 19.8 Å². The van der Waals surface area contributed by atoms with Gasteiger partial charge in [0.2, 0.25) is 11.8 Å². The van der Waals surface area contributed by atoms with Crippen molar-refractivity contribution in [3.05, 3.63) is 0 Å². The molecule has 0 aromatic rings. The molecule has 2 amide bonds. The molecule has 114 valence electrons. The number of amides is 2. The van der Waals surface area contributed by atoms with Crippen LogP contribution < -0.4 is 10.6 Å². The molecule has 2 aliphatic heterocycles. The third-order valence-electron chi connectivity index (χ3n) is 4.41. The van der Waals surface area contributed by atoms with Crippen LogP contribution in [0, 0.1) is 5.92 Å². The van der Waals surface area contributed by atoms with E-state index in [9.17, 15) is 9.59 Å². The lowest BCUT2D eigenvalue weighted by atomic mass is 9.93. The highest BCUT2D eigenvalue weighted by Crippen LogP contribution is 2.19. The van der Waals surface area contributed by atoms with Gasteiger partial charge in [-0.05, 0) is 51.1 Å². The fraction of sp³-hybridized carbons (Fsp3) is 0.867. The Labute approximate surface area is 121 Å². The first-order valence-corrected chi connectivity index (χ1v) is 7.90. The molecule has 0 spiro atoms. The topological polar surface area (TPSA) is 61.4 Å². The van der Waals surface area contributed by atoms with Crippen molar-refractivity contribution >= 4 is 11.8 Å². The smallest absolute Gasteiger partial charge is 0.222 e. The quantitative estimate of drug-likeness (QED) is 0.804. The molecule has 2 heterocycles. The molecular weight excluding hydrogens is 254 g/mol. The Morgan fingerprint density at radius 1 is 1.25 bits per heavy atom. The number of carbonyl (C=O) groups excluding carboxylic acids is 2. The number of nitrogens with one attached hydrogen (secondary N) is 2. The summed E-state index contributed by atoms with van der Waals surface area (Å²) in [6, 6.07) is 0.143. The number of rotatable bonds is 4. The van der Waals surface area contributed by atoms with E-state index < -0.39 is 0 Å². The molecule has 1 unspecified atom stereocenters. The summed E-state index contributed by atoms with van der Waals surface area (Å²) >= 11 is 0. The first-order valence-electron chi connectivity index (χ1n) is 7.90. The molecule has 5 heteroatoms. The van der Waals surface area contributed by atoms with E-state index in [0.29, 0.717) is 18.9 Å². The molecule has 0 saturated carbocycles. The van der Waals surface area contributed by atoms with Gasteiger partial charge in [0.05, 0.1) is 0 Å². The molecule has 2 rings (SSSR count). The van der Waals surface area contributed by atoms with Crippen LogP contribution in [0.5, 0.6) is 0 Å². The molecule has 0 aliphatic carbocycles. The van der Waals surface area contributed by atoms with Crippen molar-refractivity contribution < 1.29 is 9.59 Å². The molecule has 2 aliphatic rings. The number of nitrogens with zero attached hydrogens (tertiary/aromatic N) is 1. The molecule has 0 aromatic carbocycles. The molecule has 20 heavy (non-hydrogen) atoms. The van der Waals surface area contributed by atoms with E-state index in [1.807, 2.05) is 4.90 Å². The van der Waals surface area contributed by atoms with Crippen LogP contribution >= 0.6 is 0 Å². The summed E-state index contributed by atoms with van der Waals surface area (Å²) in [6.45, 7) is 5.25. The zero-order valence-corrected chi connectivity index (χ0v) is 12.5. The highest BCUT2D eigenvalue weighted by atomic mass is 16.2. The van der Waals surface area contributed by atoms with Crippen LogP contribution in [-0.2, 0) is 9.59 Å². The van der Waals surface area contributed by atoms with E-state index in [4.69, 9.17) is 0 Å². The average molecular weight is 281 g/mol. The van der Waals surface area contributed by atoms with Crippen molar-refractivity contribution in [2.24, 2.45) is 5.92 Å². The second kappa shape index (κ2) is 7.62. The molecule has 0 bridgehead atoms. The first kappa shape index (κ1) is 15.3. The largest absolute Gasteiger partial charge is 0.352 e. The fourth-order valence-corrected chi connectivity index (χ4v) is 3.27. The average Bonchev–Trinajstić information content (AvgIpc) is 2.45. The van der Waals surface area contributed by atoms with Gasteiger partial charge in [0, 0.05) is 32.5 Å². The van der Waals surface area contributed by atoms with E-state index in [2.05, 4.69) is 10.6 Å². The minimum Gasteiger partial charge on any atom is -0.352 e. The van der Waals surface area contributed by atoms with Crippen molar-refractivity contribution in [3.8, 4) is 0 Å². The summed E-state index contributed by atoms with van der Waals surface area (Å²) in [7, 11) is 0. The van der Waals surface area contributed by atoms with Crippen LogP contribution in [0.25, 0.3) is 0 Å². The molecule has 1 atom stereocenters. The Morgan fingerprint density at radius 3 is 2.70 bits per heavy atom. The van der Waals surface area contributed by atoms with Gasteiger partial charge < -0.3 is 15.5 Å². The predicted molar refractivity (Wildman–Crippen MR) is 78.2 cm³/mol. The van der Waals surface area contributed by atoms with Gasteiger partial charge in [-0.25, -0.2) is 0 Å². The van der Waals surface area contributed by atoms with E-state index in [0.717, 1.165) is 38.9 Å². The van der Waals surface area contributed by atoms with E-state index in [1.54, 1.807) is 0 Å². The van der Waals surface area contributed by atoms with Gasteiger partial charge in [-0.2, -0.15) is 0 Å². The van der Waals surface area contributed by atoms with E-state index >= 15 is 0 Å².